The molecular formula is C25H28N4O4. The summed E-state index contributed by atoms with van der Waals surface area (Å²) in [6, 6.07) is 11.4. The van der Waals surface area contributed by atoms with Crippen LogP contribution in [0.1, 0.15) is 38.3 Å². The third-order valence-electron chi connectivity index (χ3n) is 5.20. The number of aromatic amines is 1. The lowest BCUT2D eigenvalue weighted by Gasteiger charge is -2.29. The van der Waals surface area contributed by atoms with Gasteiger partial charge in [-0.1, -0.05) is 36.4 Å². The van der Waals surface area contributed by atoms with Gasteiger partial charge in [0.2, 0.25) is 0 Å². The lowest BCUT2D eigenvalue weighted by molar-refractivity contribution is 0.0270. The number of rotatable bonds is 4. The van der Waals surface area contributed by atoms with Crippen LogP contribution in [-0.4, -0.2) is 45.7 Å². The van der Waals surface area contributed by atoms with Crippen molar-refractivity contribution in [2.75, 3.05) is 18.4 Å². The molecule has 8 heteroatoms. The van der Waals surface area contributed by atoms with Gasteiger partial charge in [-0.2, -0.15) is 0 Å². The minimum absolute atomic E-state index is 0.193. The van der Waals surface area contributed by atoms with Crippen molar-refractivity contribution in [1.82, 2.24) is 14.9 Å². The molecule has 2 aromatic heterocycles. The topological polar surface area (TPSA) is 96.5 Å². The highest BCUT2D eigenvalue weighted by molar-refractivity contribution is 5.95. The number of benzene rings is 1. The number of nitrogens with zero attached hydrogens (tertiary/aromatic N) is 2. The third-order valence-corrected chi connectivity index (χ3v) is 5.20. The van der Waals surface area contributed by atoms with Gasteiger partial charge in [-0.25, -0.2) is 14.6 Å². The van der Waals surface area contributed by atoms with Crippen LogP contribution in [0.25, 0.3) is 16.6 Å². The van der Waals surface area contributed by atoms with Crippen molar-refractivity contribution in [1.29, 1.82) is 0 Å². The first kappa shape index (κ1) is 22.4. The molecule has 0 saturated heterocycles. The highest BCUT2D eigenvalue weighted by Gasteiger charge is 2.24. The monoisotopic (exact) mass is 448 g/mol. The fourth-order valence-electron chi connectivity index (χ4n) is 3.62. The van der Waals surface area contributed by atoms with E-state index in [2.05, 4.69) is 15.3 Å². The zero-order valence-corrected chi connectivity index (χ0v) is 19.1. The maximum Gasteiger partial charge on any atom is 0.412 e. The molecule has 8 nitrogen and oxygen atoms in total. The molecule has 0 radical (unpaired) electrons. The van der Waals surface area contributed by atoms with Crippen LogP contribution < -0.4 is 5.32 Å². The van der Waals surface area contributed by atoms with E-state index in [9.17, 15) is 9.59 Å². The molecule has 1 aliphatic rings. The number of carbonyl (C=O) groups excluding carboxylic acids is 2. The predicted molar refractivity (Wildman–Crippen MR) is 127 cm³/mol. The summed E-state index contributed by atoms with van der Waals surface area (Å²) >= 11 is 0. The zero-order chi connectivity index (χ0) is 23.4. The van der Waals surface area contributed by atoms with Gasteiger partial charge in [0.15, 0.2) is 0 Å². The molecule has 3 aromatic rings. The number of pyridine rings is 1. The van der Waals surface area contributed by atoms with Crippen LogP contribution in [-0.2, 0) is 16.1 Å². The normalized spacial score (nSPS) is 14.0. The van der Waals surface area contributed by atoms with Crippen molar-refractivity contribution in [3.05, 3.63) is 66.0 Å². The first-order valence-corrected chi connectivity index (χ1v) is 10.9. The Morgan fingerprint density at radius 1 is 1.21 bits per heavy atom. The number of hydrogen-bond donors (Lipinski definition) is 2. The van der Waals surface area contributed by atoms with E-state index in [0.717, 1.165) is 27.7 Å². The van der Waals surface area contributed by atoms with E-state index in [1.54, 1.807) is 11.1 Å². The van der Waals surface area contributed by atoms with Gasteiger partial charge in [0, 0.05) is 30.2 Å². The van der Waals surface area contributed by atoms with Crippen LogP contribution in [0.5, 0.6) is 0 Å². The van der Waals surface area contributed by atoms with Crippen molar-refractivity contribution < 1.29 is 19.1 Å². The zero-order valence-electron chi connectivity index (χ0n) is 19.1. The summed E-state index contributed by atoms with van der Waals surface area (Å²) in [5, 5.41) is 3.64. The largest absolute Gasteiger partial charge is 0.444 e. The van der Waals surface area contributed by atoms with Gasteiger partial charge in [0.05, 0.1) is 11.9 Å². The maximum atomic E-state index is 12.3. The molecule has 172 valence electrons. The number of carbonyl (C=O) groups is 2. The lowest BCUT2D eigenvalue weighted by Crippen LogP contribution is -2.39. The van der Waals surface area contributed by atoms with E-state index in [4.69, 9.17) is 9.47 Å². The Balaban J connectivity index is 1.43. The van der Waals surface area contributed by atoms with Crippen LogP contribution in [0, 0.1) is 0 Å². The summed E-state index contributed by atoms with van der Waals surface area (Å²) in [4.78, 5) is 33.8. The summed E-state index contributed by atoms with van der Waals surface area (Å²) < 4.78 is 10.8. The summed E-state index contributed by atoms with van der Waals surface area (Å²) in [6.07, 6.45) is 5.38. The summed E-state index contributed by atoms with van der Waals surface area (Å²) in [6.45, 7) is 6.83. The number of amides is 2. The summed E-state index contributed by atoms with van der Waals surface area (Å²) in [7, 11) is 0. The molecule has 33 heavy (non-hydrogen) atoms. The molecule has 1 aliphatic heterocycles. The number of ether oxygens (including phenoxy) is 2. The molecule has 1 aromatic carbocycles. The number of H-pyrrole nitrogens is 1. The fraction of sp³-hybridized carbons (Fsp3) is 0.320. The van der Waals surface area contributed by atoms with Gasteiger partial charge in [-0.05, 0) is 44.4 Å². The molecule has 3 heterocycles. The van der Waals surface area contributed by atoms with Crippen LogP contribution in [0.2, 0.25) is 0 Å². The van der Waals surface area contributed by atoms with Crippen LogP contribution in [0.3, 0.4) is 0 Å². The number of nitrogens with one attached hydrogen (secondary N) is 2. The molecule has 0 unspecified atom stereocenters. The second kappa shape index (κ2) is 9.36. The average molecular weight is 449 g/mol. The summed E-state index contributed by atoms with van der Waals surface area (Å²) in [5.41, 5.74) is 3.79. The van der Waals surface area contributed by atoms with Crippen molar-refractivity contribution in [3.8, 4) is 0 Å². The molecule has 0 atom stereocenters. The van der Waals surface area contributed by atoms with E-state index >= 15 is 0 Å². The minimum atomic E-state index is -0.540. The highest BCUT2D eigenvalue weighted by atomic mass is 16.6. The SMILES string of the molecule is CC(C)(C)OC(=O)N1CC=C(c2c[nH]c3ncc(NC(=O)OCc4ccccc4)cc23)CC1. The molecule has 2 amide bonds. The Kier molecular flexibility index (Phi) is 6.35. The summed E-state index contributed by atoms with van der Waals surface area (Å²) in [5.74, 6) is 0. The van der Waals surface area contributed by atoms with Gasteiger partial charge in [-0.3, -0.25) is 5.32 Å². The first-order chi connectivity index (χ1) is 15.8. The molecule has 0 spiro atoms. The van der Waals surface area contributed by atoms with Crippen molar-refractivity contribution in [2.24, 2.45) is 0 Å². The van der Waals surface area contributed by atoms with E-state index in [-0.39, 0.29) is 12.7 Å². The second-order valence-corrected chi connectivity index (χ2v) is 8.91. The molecule has 0 saturated carbocycles. The Morgan fingerprint density at radius 2 is 2.00 bits per heavy atom. The third kappa shape index (κ3) is 5.71. The van der Waals surface area contributed by atoms with E-state index in [1.807, 2.05) is 69.4 Å². The van der Waals surface area contributed by atoms with Crippen molar-refractivity contribution >= 4 is 34.5 Å². The smallest absolute Gasteiger partial charge is 0.412 e. The highest BCUT2D eigenvalue weighted by Crippen LogP contribution is 2.30. The number of fused-ring (bicyclic) bond motifs is 1. The Bertz CT molecular complexity index is 1180. The second-order valence-electron chi connectivity index (χ2n) is 8.91. The van der Waals surface area contributed by atoms with Gasteiger partial charge < -0.3 is 19.4 Å². The van der Waals surface area contributed by atoms with Crippen molar-refractivity contribution in [2.45, 2.75) is 39.4 Å². The molecule has 4 rings (SSSR count). The average Bonchev–Trinajstić information content (AvgIpc) is 3.21. The fourth-order valence-corrected chi connectivity index (χ4v) is 3.62. The van der Waals surface area contributed by atoms with Gasteiger partial charge in [0.25, 0.3) is 0 Å². The van der Waals surface area contributed by atoms with E-state index < -0.39 is 11.7 Å². The van der Waals surface area contributed by atoms with Crippen LogP contribution in [0.4, 0.5) is 15.3 Å². The number of aromatic nitrogens is 2. The maximum absolute atomic E-state index is 12.3. The Hall–Kier alpha value is -3.81. The molecule has 2 N–H and O–H groups in total. The van der Waals surface area contributed by atoms with Crippen molar-refractivity contribution in [3.63, 3.8) is 0 Å². The quantitative estimate of drug-likeness (QED) is 0.562. The van der Waals surface area contributed by atoms with Gasteiger partial charge in [-0.15, -0.1) is 0 Å². The molecular weight excluding hydrogens is 420 g/mol. The van der Waals surface area contributed by atoms with E-state index in [1.165, 1.54) is 0 Å². The van der Waals surface area contributed by atoms with Crippen LogP contribution >= 0.6 is 0 Å². The van der Waals surface area contributed by atoms with Crippen LogP contribution in [0.15, 0.2) is 54.9 Å². The number of anilines is 1. The Morgan fingerprint density at radius 3 is 2.70 bits per heavy atom. The predicted octanol–water partition coefficient (Wildman–Crippen LogP) is 5.34. The first-order valence-electron chi connectivity index (χ1n) is 10.9. The number of hydrogen-bond acceptors (Lipinski definition) is 5. The molecule has 0 fully saturated rings. The van der Waals surface area contributed by atoms with E-state index in [0.29, 0.717) is 25.2 Å². The minimum Gasteiger partial charge on any atom is -0.444 e. The van der Waals surface area contributed by atoms with Gasteiger partial charge >= 0.3 is 12.2 Å². The standard InChI is InChI=1S/C25H28N4O4/c1-25(2,3)33-24(31)29-11-9-18(10-12-29)21-15-27-22-20(21)13-19(14-26-22)28-23(30)32-16-17-7-5-4-6-8-17/h4-9,13-15H,10-12,16H2,1-3H3,(H,26,27)(H,28,30). The van der Waals surface area contributed by atoms with Gasteiger partial charge in [0.1, 0.15) is 17.9 Å². The molecule has 0 bridgehead atoms. The lowest BCUT2D eigenvalue weighted by atomic mass is 9.99. The molecule has 0 aliphatic carbocycles. The Labute approximate surface area is 192 Å².